The summed E-state index contributed by atoms with van der Waals surface area (Å²) in [5, 5.41) is 5.87. The lowest BCUT2D eigenvalue weighted by atomic mass is 10.0. The van der Waals surface area contributed by atoms with Crippen LogP contribution in [-0.4, -0.2) is 55.3 Å². The van der Waals surface area contributed by atoms with Gasteiger partial charge in [0, 0.05) is 18.2 Å². The smallest absolute Gasteiger partial charge is 0.246 e. The Morgan fingerprint density at radius 1 is 1.20 bits per heavy atom. The monoisotopic (exact) mass is 417 g/mol. The molecule has 0 bridgehead atoms. The van der Waals surface area contributed by atoms with E-state index in [1.54, 1.807) is 32.2 Å². The van der Waals surface area contributed by atoms with Gasteiger partial charge in [-0.3, -0.25) is 14.5 Å². The second kappa shape index (κ2) is 12.3. The van der Waals surface area contributed by atoms with Crippen LogP contribution in [0.4, 0.5) is 5.69 Å². The predicted molar refractivity (Wildman–Crippen MR) is 118 cm³/mol. The zero-order valence-electron chi connectivity index (χ0n) is 18.4. The Labute approximate surface area is 179 Å². The molecule has 1 saturated heterocycles. The number of carbonyl (C=O) groups is 3. The van der Waals surface area contributed by atoms with E-state index in [2.05, 4.69) is 15.5 Å². The number of ether oxygens (including phenoxy) is 1. The van der Waals surface area contributed by atoms with Crippen molar-refractivity contribution in [2.45, 2.75) is 70.4 Å². The van der Waals surface area contributed by atoms with E-state index in [1.807, 2.05) is 13.1 Å². The molecule has 2 amide bonds. The molecule has 1 aliphatic heterocycles. The predicted octanol–water partition coefficient (Wildman–Crippen LogP) is 3.14. The lowest BCUT2D eigenvalue weighted by Gasteiger charge is -2.32. The molecule has 30 heavy (non-hydrogen) atoms. The number of carbonyl (C=O) groups excluding carboxylic acids is 3. The summed E-state index contributed by atoms with van der Waals surface area (Å²) in [5.74, 6) is 0.505. The van der Waals surface area contributed by atoms with Gasteiger partial charge in [-0.1, -0.05) is 25.3 Å². The first-order valence-electron chi connectivity index (χ1n) is 10.9. The average molecular weight is 418 g/mol. The lowest BCUT2D eigenvalue weighted by molar-refractivity contribution is -0.131. The van der Waals surface area contributed by atoms with Crippen LogP contribution in [-0.2, 0) is 14.4 Å². The van der Waals surface area contributed by atoms with Crippen LogP contribution in [0, 0.1) is 0 Å². The summed E-state index contributed by atoms with van der Waals surface area (Å²) in [6.45, 7) is 2.48. The van der Waals surface area contributed by atoms with Gasteiger partial charge in [0.2, 0.25) is 11.8 Å². The fraction of sp³-hybridized carbons (Fsp3) is 0.609. The number of anilines is 1. The van der Waals surface area contributed by atoms with Gasteiger partial charge in [-0.05, 0) is 58.3 Å². The zero-order valence-corrected chi connectivity index (χ0v) is 18.4. The van der Waals surface area contributed by atoms with Crippen molar-refractivity contribution in [3.8, 4) is 5.75 Å². The van der Waals surface area contributed by atoms with Gasteiger partial charge in [-0.25, -0.2) is 0 Å². The number of amides is 2. The molecule has 1 heterocycles. The third-order valence-electron chi connectivity index (χ3n) is 5.56. The Balaban J connectivity index is 2.00. The number of hydrogen-bond acceptors (Lipinski definition) is 5. The Morgan fingerprint density at radius 3 is 2.70 bits per heavy atom. The third-order valence-corrected chi connectivity index (χ3v) is 5.56. The summed E-state index contributed by atoms with van der Waals surface area (Å²) in [6, 6.07) is 6.35. The Bertz CT molecular complexity index is 722. The number of Topliss-reactive ketones (excluding diaryl/α,β-unsaturated/α-hetero) is 1. The molecule has 0 spiro atoms. The van der Waals surface area contributed by atoms with Crippen molar-refractivity contribution in [2.24, 2.45) is 0 Å². The van der Waals surface area contributed by atoms with Crippen molar-refractivity contribution < 1.29 is 19.1 Å². The van der Waals surface area contributed by atoms with E-state index in [9.17, 15) is 14.4 Å². The van der Waals surface area contributed by atoms with Crippen LogP contribution in [0.15, 0.2) is 24.3 Å². The number of unbranched alkanes of at least 4 members (excludes halogenated alkanes) is 2. The van der Waals surface area contributed by atoms with E-state index in [0.29, 0.717) is 24.3 Å². The maximum absolute atomic E-state index is 12.9. The molecule has 2 N–H and O–H groups in total. The van der Waals surface area contributed by atoms with Crippen molar-refractivity contribution in [1.29, 1.82) is 0 Å². The average Bonchev–Trinajstić information content (AvgIpc) is 2.72. The lowest BCUT2D eigenvalue weighted by Crippen LogP contribution is -2.53. The molecular weight excluding hydrogens is 382 g/mol. The zero-order chi connectivity index (χ0) is 21.9. The van der Waals surface area contributed by atoms with E-state index >= 15 is 0 Å². The second-order valence-corrected chi connectivity index (χ2v) is 8.08. The number of rotatable bonds is 11. The molecular formula is C23H35N3O4. The van der Waals surface area contributed by atoms with Gasteiger partial charge in [0.1, 0.15) is 17.6 Å². The number of benzene rings is 1. The standard InChI is InChI=1S/C23H35N3O4/c1-17(27)10-5-4-6-13-20(25-23(29)21-14-7-8-15-26(21)2)22(28)24-18-11-9-12-19(16-18)30-3/h9,11-12,16,20-21H,4-8,10,13-15H2,1-3H3,(H,24,28)(H,25,29)/t20-,21?/m0/s1. The minimum Gasteiger partial charge on any atom is -0.497 e. The fourth-order valence-corrected chi connectivity index (χ4v) is 3.77. The van der Waals surface area contributed by atoms with E-state index < -0.39 is 6.04 Å². The molecule has 0 aliphatic carbocycles. The molecule has 7 nitrogen and oxygen atoms in total. The van der Waals surface area contributed by atoms with Gasteiger partial charge in [-0.2, -0.15) is 0 Å². The van der Waals surface area contributed by atoms with Crippen molar-refractivity contribution in [2.75, 3.05) is 26.0 Å². The van der Waals surface area contributed by atoms with Crippen LogP contribution in [0.2, 0.25) is 0 Å². The van der Waals surface area contributed by atoms with Gasteiger partial charge < -0.3 is 20.2 Å². The van der Waals surface area contributed by atoms with E-state index in [1.165, 1.54) is 0 Å². The third kappa shape index (κ3) is 7.78. The molecule has 1 aliphatic rings. The molecule has 1 aromatic carbocycles. The first-order chi connectivity index (χ1) is 14.4. The Hall–Kier alpha value is -2.41. The number of hydrogen-bond donors (Lipinski definition) is 2. The minimum atomic E-state index is -0.614. The number of ketones is 1. The van der Waals surface area contributed by atoms with Gasteiger partial charge in [0.15, 0.2) is 0 Å². The summed E-state index contributed by atoms with van der Waals surface area (Å²) >= 11 is 0. The first-order valence-corrected chi connectivity index (χ1v) is 10.9. The summed E-state index contributed by atoms with van der Waals surface area (Å²) in [7, 11) is 3.53. The van der Waals surface area contributed by atoms with Crippen LogP contribution >= 0.6 is 0 Å². The minimum absolute atomic E-state index is 0.0910. The molecule has 166 valence electrons. The van der Waals surface area contributed by atoms with Gasteiger partial charge in [0.25, 0.3) is 0 Å². The number of likely N-dealkylation sites (N-methyl/N-ethyl adjacent to an activating group) is 1. The van der Waals surface area contributed by atoms with Crippen molar-refractivity contribution in [3.05, 3.63) is 24.3 Å². The molecule has 7 heteroatoms. The number of piperidine rings is 1. The molecule has 2 atom stereocenters. The summed E-state index contributed by atoms with van der Waals surface area (Å²) in [4.78, 5) is 39.0. The maximum atomic E-state index is 12.9. The number of likely N-dealkylation sites (tertiary alicyclic amines) is 1. The number of nitrogens with zero attached hydrogens (tertiary/aromatic N) is 1. The summed E-state index contributed by atoms with van der Waals surface area (Å²) in [5.41, 5.74) is 0.630. The van der Waals surface area contributed by atoms with Crippen molar-refractivity contribution in [3.63, 3.8) is 0 Å². The fourth-order valence-electron chi connectivity index (χ4n) is 3.77. The highest BCUT2D eigenvalue weighted by Crippen LogP contribution is 2.19. The quantitative estimate of drug-likeness (QED) is 0.540. The summed E-state index contributed by atoms with van der Waals surface area (Å²) in [6.07, 6.45) is 6.44. The number of nitrogens with one attached hydrogen (secondary N) is 2. The molecule has 0 radical (unpaired) electrons. The van der Waals surface area contributed by atoms with Crippen molar-refractivity contribution in [1.82, 2.24) is 10.2 Å². The van der Waals surface area contributed by atoms with Crippen LogP contribution < -0.4 is 15.4 Å². The molecule has 2 rings (SSSR count). The number of methoxy groups -OCH3 is 1. The van der Waals surface area contributed by atoms with Crippen LogP contribution in [0.25, 0.3) is 0 Å². The topological polar surface area (TPSA) is 87.7 Å². The van der Waals surface area contributed by atoms with E-state index in [4.69, 9.17) is 4.74 Å². The molecule has 0 saturated carbocycles. The normalized spacial score (nSPS) is 17.8. The SMILES string of the molecule is COc1cccc(NC(=O)[C@H](CCCCCC(C)=O)NC(=O)C2CCCCN2C)c1. The van der Waals surface area contributed by atoms with Crippen LogP contribution in [0.5, 0.6) is 5.75 Å². The van der Waals surface area contributed by atoms with Crippen LogP contribution in [0.1, 0.15) is 58.3 Å². The summed E-state index contributed by atoms with van der Waals surface area (Å²) < 4.78 is 5.21. The highest BCUT2D eigenvalue weighted by molar-refractivity contribution is 5.98. The van der Waals surface area contributed by atoms with Gasteiger partial charge >= 0.3 is 0 Å². The molecule has 1 aromatic rings. The Kier molecular flexibility index (Phi) is 9.80. The largest absolute Gasteiger partial charge is 0.497 e. The molecule has 1 fully saturated rings. The Morgan fingerprint density at radius 2 is 2.00 bits per heavy atom. The van der Waals surface area contributed by atoms with Crippen molar-refractivity contribution >= 4 is 23.3 Å². The van der Waals surface area contributed by atoms with Gasteiger partial charge in [-0.15, -0.1) is 0 Å². The first kappa shape index (κ1) is 23.9. The van der Waals surface area contributed by atoms with E-state index in [-0.39, 0.29) is 23.6 Å². The highest BCUT2D eigenvalue weighted by atomic mass is 16.5. The second-order valence-electron chi connectivity index (χ2n) is 8.08. The maximum Gasteiger partial charge on any atom is 0.246 e. The van der Waals surface area contributed by atoms with Crippen LogP contribution in [0.3, 0.4) is 0 Å². The van der Waals surface area contributed by atoms with Gasteiger partial charge in [0.05, 0.1) is 13.2 Å². The molecule has 0 aromatic heterocycles. The van der Waals surface area contributed by atoms with E-state index in [0.717, 1.165) is 45.1 Å². The molecule has 1 unspecified atom stereocenters. The highest BCUT2D eigenvalue weighted by Gasteiger charge is 2.29.